The fourth-order valence-corrected chi connectivity index (χ4v) is 4.30. The lowest BCUT2D eigenvalue weighted by Gasteiger charge is -2.28. The maximum atomic E-state index is 13.6. The predicted molar refractivity (Wildman–Crippen MR) is 147 cm³/mol. The predicted octanol–water partition coefficient (Wildman–Crippen LogP) is 2.43. The molecule has 0 bridgehead atoms. The molecule has 3 rings (SSSR count). The van der Waals surface area contributed by atoms with Crippen molar-refractivity contribution in [2.24, 2.45) is 11.1 Å². The molecule has 1 aliphatic rings. The van der Waals surface area contributed by atoms with E-state index in [2.05, 4.69) is 20.6 Å². The Morgan fingerprint density at radius 2 is 1.73 bits per heavy atom. The van der Waals surface area contributed by atoms with Crippen molar-refractivity contribution >= 4 is 41.6 Å². The first kappa shape index (κ1) is 29.7. The zero-order chi connectivity index (χ0) is 29.1. The summed E-state index contributed by atoms with van der Waals surface area (Å²) in [6.07, 6.45) is 2.92. The van der Waals surface area contributed by atoms with E-state index >= 15 is 0 Å². The summed E-state index contributed by atoms with van der Waals surface area (Å²) in [5.41, 5.74) is 9.13. The number of carboxylic acid groups (broad SMARTS) is 1. The normalized spacial score (nSPS) is 17.7. The number of oxime groups is 1. The van der Waals surface area contributed by atoms with E-state index in [1.165, 1.54) is 6.08 Å². The van der Waals surface area contributed by atoms with Crippen molar-refractivity contribution in [2.75, 3.05) is 0 Å². The molecule has 0 aromatic heterocycles. The van der Waals surface area contributed by atoms with Gasteiger partial charge in [0.1, 0.15) is 6.04 Å². The number of rotatable bonds is 13. The topological polar surface area (TPSA) is 171 Å². The van der Waals surface area contributed by atoms with Gasteiger partial charge >= 0.3 is 12.2 Å². The number of nitrogens with one attached hydrogen (secondary N) is 2. The molecule has 1 aliphatic heterocycles. The lowest BCUT2D eigenvalue weighted by molar-refractivity contribution is -0.147. The number of aliphatic carboxylic acids is 1. The SMILES string of the molecule is CC(C)[C@H](NC(=O)C=Cc1ccccc1)C1=NOC(Cc2ccccc2)(C(=O)N[C@@H](CC(=O)O)C(=O)C=[N+]=[N-])C1. The average molecular weight is 546 g/mol. The summed E-state index contributed by atoms with van der Waals surface area (Å²) in [7, 11) is 0. The number of benzene rings is 2. The molecule has 2 aromatic carbocycles. The number of carboxylic acids is 1. The first-order valence-corrected chi connectivity index (χ1v) is 12.7. The molecule has 1 heterocycles. The van der Waals surface area contributed by atoms with E-state index in [-0.39, 0.29) is 24.7 Å². The quantitative estimate of drug-likeness (QED) is 0.151. The molecule has 0 fully saturated rings. The Kier molecular flexibility index (Phi) is 10.2. The molecule has 0 saturated carbocycles. The van der Waals surface area contributed by atoms with Gasteiger partial charge in [0.2, 0.25) is 11.5 Å². The molecule has 3 atom stereocenters. The van der Waals surface area contributed by atoms with Crippen LogP contribution in [-0.4, -0.2) is 63.1 Å². The molecule has 0 spiro atoms. The van der Waals surface area contributed by atoms with Gasteiger partial charge in [0, 0.05) is 18.9 Å². The van der Waals surface area contributed by atoms with Crippen molar-refractivity contribution in [3.63, 3.8) is 0 Å². The largest absolute Gasteiger partial charge is 0.481 e. The highest BCUT2D eigenvalue weighted by molar-refractivity contribution is 6.28. The van der Waals surface area contributed by atoms with Crippen molar-refractivity contribution in [3.8, 4) is 0 Å². The first-order chi connectivity index (χ1) is 19.1. The van der Waals surface area contributed by atoms with Gasteiger partial charge in [-0.25, -0.2) is 0 Å². The molecule has 11 nitrogen and oxygen atoms in total. The minimum Gasteiger partial charge on any atom is -0.481 e. The van der Waals surface area contributed by atoms with Gasteiger partial charge in [-0.15, -0.1) is 0 Å². The monoisotopic (exact) mass is 545 g/mol. The number of hydrogen-bond donors (Lipinski definition) is 3. The molecule has 11 heteroatoms. The van der Waals surface area contributed by atoms with Crippen LogP contribution in [0.5, 0.6) is 0 Å². The number of amides is 2. The Bertz CT molecular complexity index is 1340. The highest BCUT2D eigenvalue weighted by atomic mass is 16.7. The maximum Gasteiger partial charge on any atom is 0.325 e. The van der Waals surface area contributed by atoms with Crippen molar-refractivity contribution in [1.29, 1.82) is 0 Å². The van der Waals surface area contributed by atoms with E-state index in [0.29, 0.717) is 11.9 Å². The highest BCUT2D eigenvalue weighted by Gasteiger charge is 2.49. The lowest BCUT2D eigenvalue weighted by atomic mass is 9.84. The van der Waals surface area contributed by atoms with Crippen LogP contribution in [0.15, 0.2) is 71.9 Å². The lowest BCUT2D eigenvalue weighted by Crippen LogP contribution is -2.55. The molecule has 3 N–H and O–H groups in total. The first-order valence-electron chi connectivity index (χ1n) is 12.7. The van der Waals surface area contributed by atoms with Crippen LogP contribution in [0.1, 0.15) is 37.8 Å². The Hall–Kier alpha value is -4.89. The summed E-state index contributed by atoms with van der Waals surface area (Å²) >= 11 is 0. The van der Waals surface area contributed by atoms with Crippen molar-refractivity contribution in [1.82, 2.24) is 10.6 Å². The van der Waals surface area contributed by atoms with E-state index in [9.17, 15) is 24.3 Å². The molecule has 0 radical (unpaired) electrons. The van der Waals surface area contributed by atoms with E-state index in [1.54, 1.807) is 30.3 Å². The molecule has 0 saturated heterocycles. The number of carbonyl (C=O) groups is 4. The van der Waals surface area contributed by atoms with E-state index < -0.39 is 41.8 Å². The second kappa shape index (κ2) is 13.8. The van der Waals surface area contributed by atoms with Crippen LogP contribution in [-0.2, 0) is 30.4 Å². The zero-order valence-corrected chi connectivity index (χ0v) is 22.2. The number of carbonyl (C=O) groups excluding carboxylic acids is 3. The van der Waals surface area contributed by atoms with Gasteiger partial charge < -0.3 is 26.1 Å². The summed E-state index contributed by atoms with van der Waals surface area (Å²) in [4.78, 5) is 58.5. The van der Waals surface area contributed by atoms with E-state index in [1.807, 2.05) is 50.2 Å². The second-order valence-electron chi connectivity index (χ2n) is 9.75. The Balaban J connectivity index is 1.84. The number of hydrogen-bond acceptors (Lipinski definition) is 6. The summed E-state index contributed by atoms with van der Waals surface area (Å²) in [5.74, 6) is -3.47. The van der Waals surface area contributed by atoms with Crippen LogP contribution in [0.3, 0.4) is 0 Å². The van der Waals surface area contributed by atoms with Crippen molar-refractivity contribution in [2.45, 2.75) is 50.8 Å². The molecule has 1 unspecified atom stereocenters. The number of nitrogens with zero attached hydrogens (tertiary/aromatic N) is 3. The molecule has 2 aromatic rings. The van der Waals surface area contributed by atoms with Gasteiger partial charge in [0.05, 0.1) is 18.2 Å². The Labute approximate surface area is 231 Å². The zero-order valence-electron chi connectivity index (χ0n) is 22.2. The van der Waals surface area contributed by atoms with Gasteiger partial charge in [-0.2, -0.15) is 4.79 Å². The van der Waals surface area contributed by atoms with Gasteiger partial charge in [0.25, 0.3) is 11.7 Å². The van der Waals surface area contributed by atoms with Crippen molar-refractivity contribution < 1.29 is 33.9 Å². The Morgan fingerprint density at radius 1 is 1.07 bits per heavy atom. The summed E-state index contributed by atoms with van der Waals surface area (Å²) in [6, 6.07) is 16.3. The van der Waals surface area contributed by atoms with Gasteiger partial charge in [-0.3, -0.25) is 19.2 Å². The van der Waals surface area contributed by atoms with Crippen LogP contribution in [0.2, 0.25) is 0 Å². The van der Waals surface area contributed by atoms with Crippen LogP contribution in [0.25, 0.3) is 11.6 Å². The minimum atomic E-state index is -1.62. The number of Topliss-reactive ketones (excluding diaryl/α,β-unsaturated/α-hetero) is 1. The highest BCUT2D eigenvalue weighted by Crippen LogP contribution is 2.31. The third-order valence-corrected chi connectivity index (χ3v) is 6.31. The molecule has 0 aliphatic carbocycles. The van der Waals surface area contributed by atoms with Gasteiger partial charge in [-0.1, -0.05) is 79.7 Å². The molecule has 2 amide bonds. The van der Waals surface area contributed by atoms with Crippen molar-refractivity contribution in [3.05, 3.63) is 83.4 Å². The third kappa shape index (κ3) is 8.05. The second-order valence-corrected chi connectivity index (χ2v) is 9.75. The summed E-state index contributed by atoms with van der Waals surface area (Å²) in [5, 5.41) is 18.8. The minimum absolute atomic E-state index is 0.0265. The van der Waals surface area contributed by atoms with Crippen LogP contribution < -0.4 is 10.6 Å². The fraction of sp³-hybridized carbons (Fsp3) is 0.310. The average Bonchev–Trinajstić information content (AvgIpc) is 3.35. The standard InChI is InChI=1S/C29H31N5O6/c1-19(2)27(33-25(36)14-13-20-9-5-3-6-10-20)23-17-29(40-34-23,16-21-11-7-4-8-12-21)28(39)32-22(15-26(37)38)24(35)18-31-30/h3-14,18-19,22,27H,15-17H2,1-2H3,(H,32,39)(H,33,36)(H,37,38)/t22-,27-,29?/m0/s1. The van der Waals surface area contributed by atoms with Crippen LogP contribution in [0.4, 0.5) is 0 Å². The van der Waals surface area contributed by atoms with Crippen LogP contribution >= 0.6 is 0 Å². The third-order valence-electron chi connectivity index (χ3n) is 6.31. The Morgan fingerprint density at radius 3 is 2.33 bits per heavy atom. The van der Waals surface area contributed by atoms with E-state index in [0.717, 1.165) is 11.1 Å². The number of ketones is 1. The molecule has 40 heavy (non-hydrogen) atoms. The fourth-order valence-electron chi connectivity index (χ4n) is 4.30. The van der Waals surface area contributed by atoms with Gasteiger partial charge in [0.15, 0.2) is 0 Å². The van der Waals surface area contributed by atoms with Crippen LogP contribution in [0, 0.1) is 5.92 Å². The van der Waals surface area contributed by atoms with Gasteiger partial charge in [-0.05, 0) is 23.1 Å². The summed E-state index contributed by atoms with van der Waals surface area (Å²) in [6.45, 7) is 3.78. The van der Waals surface area contributed by atoms with E-state index in [4.69, 9.17) is 10.4 Å². The summed E-state index contributed by atoms with van der Waals surface area (Å²) < 4.78 is 0. The maximum absolute atomic E-state index is 13.6. The molecule has 208 valence electrons. The smallest absolute Gasteiger partial charge is 0.325 e. The molecular weight excluding hydrogens is 514 g/mol. The molecular formula is C29H31N5O6.